The molecule has 0 atom stereocenters. The quantitative estimate of drug-likeness (QED) is 0.418. The van der Waals surface area contributed by atoms with Crippen LogP contribution in [0.1, 0.15) is 0 Å². The fourth-order valence-electron chi connectivity index (χ4n) is 4.61. The van der Waals surface area contributed by atoms with Gasteiger partial charge >= 0.3 is 0 Å². The molecule has 2 aromatic carbocycles. The van der Waals surface area contributed by atoms with Crippen molar-refractivity contribution < 1.29 is 9.53 Å². The van der Waals surface area contributed by atoms with Crippen LogP contribution in [0.2, 0.25) is 0 Å². The molecule has 0 radical (unpaired) electrons. The van der Waals surface area contributed by atoms with E-state index >= 15 is 0 Å². The van der Waals surface area contributed by atoms with Gasteiger partial charge in [-0.15, -0.1) is 11.3 Å². The molecule has 0 bridgehead atoms. The summed E-state index contributed by atoms with van der Waals surface area (Å²) >= 11 is 1.61. The Hall–Kier alpha value is -3.85. The maximum atomic E-state index is 13.1. The van der Waals surface area contributed by atoms with Crippen molar-refractivity contribution in [3.05, 3.63) is 60.2 Å². The third-order valence-electron chi connectivity index (χ3n) is 6.38. The molecule has 9 heteroatoms. The fraction of sp³-hybridized carbons (Fsp3) is 0.240. The van der Waals surface area contributed by atoms with Gasteiger partial charge in [0.15, 0.2) is 5.82 Å². The Morgan fingerprint density at radius 3 is 2.76 bits per heavy atom. The maximum Gasteiger partial charge on any atom is 0.242 e. The Morgan fingerprint density at radius 2 is 1.94 bits per heavy atom. The second-order valence-electron chi connectivity index (χ2n) is 8.31. The van der Waals surface area contributed by atoms with Crippen molar-refractivity contribution in [3.63, 3.8) is 0 Å². The maximum absolute atomic E-state index is 13.1. The molecule has 0 spiro atoms. The van der Waals surface area contributed by atoms with Gasteiger partial charge in [0.25, 0.3) is 0 Å². The summed E-state index contributed by atoms with van der Waals surface area (Å²) in [5.74, 6) is 1.73. The van der Waals surface area contributed by atoms with E-state index in [9.17, 15) is 4.79 Å². The van der Waals surface area contributed by atoms with Gasteiger partial charge in [0.1, 0.15) is 23.0 Å². The highest BCUT2D eigenvalue weighted by atomic mass is 32.1. The zero-order chi connectivity index (χ0) is 23.1. The number of nitrogens with zero attached hydrogens (tertiary/aromatic N) is 5. The van der Waals surface area contributed by atoms with E-state index in [1.807, 2.05) is 69.7 Å². The summed E-state index contributed by atoms with van der Waals surface area (Å²) in [4.78, 5) is 30.0. The van der Waals surface area contributed by atoms with Crippen molar-refractivity contribution in [1.82, 2.24) is 24.4 Å². The number of methoxy groups -OCH3 is 1. The average Bonchev–Trinajstić information content (AvgIpc) is 3.62. The molecular weight excluding hydrogens is 448 g/mol. The van der Waals surface area contributed by atoms with Crippen LogP contribution in [0.25, 0.3) is 33.5 Å². The first kappa shape index (κ1) is 20.7. The molecule has 4 heterocycles. The first-order valence-corrected chi connectivity index (χ1v) is 12.1. The van der Waals surface area contributed by atoms with Crippen LogP contribution >= 0.6 is 11.3 Å². The molecule has 1 aliphatic heterocycles. The van der Waals surface area contributed by atoms with E-state index in [4.69, 9.17) is 9.72 Å². The van der Waals surface area contributed by atoms with Gasteiger partial charge < -0.3 is 24.1 Å². The molecule has 0 aliphatic carbocycles. The van der Waals surface area contributed by atoms with Gasteiger partial charge in [-0.3, -0.25) is 4.79 Å². The first-order chi connectivity index (χ1) is 16.7. The number of amides is 1. The lowest BCUT2D eigenvalue weighted by atomic mass is 10.2. The third kappa shape index (κ3) is 3.58. The SMILES string of the molecule is COc1cccc2c1ccn2CC(=O)N1CCN(c2scnc2-c2nc3ccccc3[nH]2)CC1. The monoisotopic (exact) mass is 472 g/mol. The predicted molar refractivity (Wildman–Crippen MR) is 134 cm³/mol. The Morgan fingerprint density at radius 1 is 1.09 bits per heavy atom. The Bertz CT molecular complexity index is 1440. The zero-order valence-electron chi connectivity index (χ0n) is 18.8. The van der Waals surface area contributed by atoms with Gasteiger partial charge in [-0.2, -0.15) is 0 Å². The van der Waals surface area contributed by atoms with E-state index in [0.29, 0.717) is 19.6 Å². The van der Waals surface area contributed by atoms with Crippen molar-refractivity contribution in [2.24, 2.45) is 0 Å². The van der Waals surface area contributed by atoms with Crippen LogP contribution in [0, 0.1) is 0 Å². The molecule has 1 N–H and O–H groups in total. The topological polar surface area (TPSA) is 79.3 Å². The molecule has 0 unspecified atom stereocenters. The Balaban J connectivity index is 1.15. The number of piperazine rings is 1. The number of carbonyl (C=O) groups is 1. The Labute approximate surface area is 200 Å². The molecule has 5 aromatic rings. The fourth-order valence-corrected chi connectivity index (χ4v) is 5.46. The third-order valence-corrected chi connectivity index (χ3v) is 7.27. The second kappa shape index (κ2) is 8.49. The van der Waals surface area contributed by atoms with Crippen LogP contribution < -0.4 is 9.64 Å². The highest BCUT2D eigenvalue weighted by Gasteiger charge is 2.25. The van der Waals surface area contributed by atoms with E-state index in [0.717, 1.165) is 57.3 Å². The number of imidazole rings is 1. The lowest BCUT2D eigenvalue weighted by molar-refractivity contribution is -0.132. The van der Waals surface area contributed by atoms with Crippen LogP contribution in [-0.4, -0.2) is 63.6 Å². The molecule has 8 nitrogen and oxygen atoms in total. The Kier molecular flexibility index (Phi) is 5.18. The predicted octanol–water partition coefficient (Wildman–Crippen LogP) is 4.00. The number of rotatable bonds is 5. The van der Waals surface area contributed by atoms with Crippen molar-refractivity contribution in [2.75, 3.05) is 38.2 Å². The van der Waals surface area contributed by atoms with E-state index in [2.05, 4.69) is 14.9 Å². The van der Waals surface area contributed by atoms with Crippen LogP contribution in [0.15, 0.2) is 60.2 Å². The largest absolute Gasteiger partial charge is 0.496 e. The molecule has 1 saturated heterocycles. The number of benzene rings is 2. The number of nitrogens with one attached hydrogen (secondary N) is 1. The van der Waals surface area contributed by atoms with Crippen LogP contribution in [0.3, 0.4) is 0 Å². The van der Waals surface area contributed by atoms with Gasteiger partial charge in [-0.25, -0.2) is 9.97 Å². The summed E-state index contributed by atoms with van der Waals surface area (Å²) in [5, 5.41) is 2.11. The lowest BCUT2D eigenvalue weighted by Crippen LogP contribution is -2.49. The standard InChI is InChI=1S/C25H24N6O2S/c1-33-21-8-4-7-20-17(21)9-10-31(20)15-22(32)29-11-13-30(14-12-29)25-23(26-16-34-25)24-27-18-5-2-3-6-19(18)28-24/h2-10,16H,11-15H2,1H3,(H,27,28). The molecule has 34 heavy (non-hydrogen) atoms. The van der Waals surface area contributed by atoms with E-state index in [1.165, 1.54) is 0 Å². The summed E-state index contributed by atoms with van der Waals surface area (Å²) in [6.45, 7) is 3.21. The summed E-state index contributed by atoms with van der Waals surface area (Å²) in [6, 6.07) is 15.9. The number of thiazole rings is 1. The molecule has 1 aliphatic rings. The molecule has 3 aromatic heterocycles. The van der Waals surface area contributed by atoms with Gasteiger partial charge in [-0.05, 0) is 30.3 Å². The van der Waals surface area contributed by atoms with Crippen LogP contribution in [-0.2, 0) is 11.3 Å². The number of fused-ring (bicyclic) bond motifs is 2. The van der Waals surface area contributed by atoms with E-state index in [1.54, 1.807) is 18.4 Å². The highest BCUT2D eigenvalue weighted by molar-refractivity contribution is 7.14. The first-order valence-electron chi connectivity index (χ1n) is 11.2. The van der Waals surface area contributed by atoms with Gasteiger partial charge in [-0.1, -0.05) is 18.2 Å². The summed E-state index contributed by atoms with van der Waals surface area (Å²) in [6.07, 6.45) is 1.96. The number of H-pyrrole nitrogens is 1. The zero-order valence-corrected chi connectivity index (χ0v) is 19.6. The van der Waals surface area contributed by atoms with Crippen LogP contribution in [0.5, 0.6) is 5.75 Å². The van der Waals surface area contributed by atoms with Crippen LogP contribution in [0.4, 0.5) is 5.00 Å². The number of hydrogen-bond acceptors (Lipinski definition) is 6. The van der Waals surface area contributed by atoms with Crippen molar-refractivity contribution in [2.45, 2.75) is 6.54 Å². The number of aromatic amines is 1. The van der Waals surface area contributed by atoms with Gasteiger partial charge in [0.05, 0.1) is 29.2 Å². The second-order valence-corrected chi connectivity index (χ2v) is 9.15. The molecule has 1 fully saturated rings. The number of aromatic nitrogens is 4. The molecule has 6 rings (SSSR count). The van der Waals surface area contributed by atoms with Gasteiger partial charge in [0.2, 0.25) is 5.91 Å². The van der Waals surface area contributed by atoms with Crippen molar-refractivity contribution >= 4 is 44.2 Å². The summed E-state index contributed by atoms with van der Waals surface area (Å²) in [5.41, 5.74) is 5.67. The summed E-state index contributed by atoms with van der Waals surface area (Å²) < 4.78 is 7.44. The number of ether oxygens (including phenoxy) is 1. The molecular formula is C25H24N6O2S. The summed E-state index contributed by atoms with van der Waals surface area (Å²) in [7, 11) is 1.67. The minimum atomic E-state index is 0.127. The number of para-hydroxylation sites is 2. The number of carbonyl (C=O) groups excluding carboxylic acids is 1. The van der Waals surface area contributed by atoms with Gasteiger partial charge in [0, 0.05) is 37.8 Å². The van der Waals surface area contributed by atoms with E-state index < -0.39 is 0 Å². The molecule has 172 valence electrons. The number of hydrogen-bond donors (Lipinski definition) is 1. The highest BCUT2D eigenvalue weighted by Crippen LogP contribution is 2.34. The minimum Gasteiger partial charge on any atom is -0.496 e. The minimum absolute atomic E-state index is 0.127. The average molecular weight is 473 g/mol. The van der Waals surface area contributed by atoms with E-state index in [-0.39, 0.29) is 5.91 Å². The molecule has 0 saturated carbocycles. The van der Waals surface area contributed by atoms with Crippen molar-refractivity contribution in [3.8, 4) is 17.3 Å². The van der Waals surface area contributed by atoms with Crippen molar-refractivity contribution in [1.29, 1.82) is 0 Å². The number of anilines is 1. The normalized spacial score (nSPS) is 14.3. The smallest absolute Gasteiger partial charge is 0.242 e. The lowest BCUT2D eigenvalue weighted by Gasteiger charge is -2.35. The molecule has 1 amide bonds.